The van der Waals surface area contributed by atoms with Gasteiger partial charge in [0.1, 0.15) is 0 Å². The fourth-order valence-corrected chi connectivity index (χ4v) is 2.44. The number of rotatable bonds is 4. The van der Waals surface area contributed by atoms with E-state index in [0.29, 0.717) is 11.8 Å². The molecule has 1 aliphatic rings. The van der Waals surface area contributed by atoms with Crippen LogP contribution in [0.25, 0.3) is 0 Å². The SMILES string of the molecule is COc1cc([C@H]2CCCCN2)cc(OC)c1OC. The lowest BCUT2D eigenvalue weighted by molar-refractivity contribution is 0.321. The van der Waals surface area contributed by atoms with E-state index in [4.69, 9.17) is 14.2 Å². The quantitative estimate of drug-likeness (QED) is 0.892. The van der Waals surface area contributed by atoms with Crippen LogP contribution in [0.3, 0.4) is 0 Å². The minimum atomic E-state index is 0.382. The number of benzene rings is 1. The van der Waals surface area contributed by atoms with Gasteiger partial charge >= 0.3 is 0 Å². The first-order chi connectivity index (χ1) is 8.80. The number of nitrogens with one attached hydrogen (secondary N) is 1. The summed E-state index contributed by atoms with van der Waals surface area (Å²) >= 11 is 0. The second kappa shape index (κ2) is 5.96. The molecule has 4 heteroatoms. The maximum absolute atomic E-state index is 5.38. The molecule has 1 fully saturated rings. The van der Waals surface area contributed by atoms with Crippen LogP contribution in [-0.4, -0.2) is 27.9 Å². The molecule has 1 aromatic rings. The number of ether oxygens (including phenoxy) is 3. The molecule has 1 atom stereocenters. The van der Waals surface area contributed by atoms with Gasteiger partial charge in [-0.25, -0.2) is 0 Å². The minimum absolute atomic E-state index is 0.382. The van der Waals surface area contributed by atoms with Gasteiger partial charge in [-0.05, 0) is 37.1 Å². The maximum atomic E-state index is 5.38. The number of hydrogen-bond donors (Lipinski definition) is 1. The summed E-state index contributed by atoms with van der Waals surface area (Å²) in [6.45, 7) is 1.07. The molecule has 100 valence electrons. The Kier molecular flexibility index (Phi) is 4.31. The molecule has 0 amide bonds. The molecule has 1 saturated heterocycles. The van der Waals surface area contributed by atoms with Crippen molar-refractivity contribution in [3.05, 3.63) is 17.7 Å². The van der Waals surface area contributed by atoms with Crippen molar-refractivity contribution in [2.75, 3.05) is 27.9 Å². The number of methoxy groups -OCH3 is 3. The van der Waals surface area contributed by atoms with Gasteiger partial charge in [-0.3, -0.25) is 0 Å². The second-order valence-electron chi connectivity index (χ2n) is 4.46. The van der Waals surface area contributed by atoms with Crippen LogP contribution in [0.2, 0.25) is 0 Å². The van der Waals surface area contributed by atoms with Crippen molar-refractivity contribution in [3.8, 4) is 17.2 Å². The molecule has 1 aliphatic heterocycles. The van der Waals surface area contributed by atoms with Crippen molar-refractivity contribution >= 4 is 0 Å². The van der Waals surface area contributed by atoms with E-state index in [2.05, 4.69) is 5.32 Å². The van der Waals surface area contributed by atoms with Crippen molar-refractivity contribution in [2.45, 2.75) is 25.3 Å². The monoisotopic (exact) mass is 251 g/mol. The summed E-state index contributed by atoms with van der Waals surface area (Å²) in [5, 5.41) is 3.52. The highest BCUT2D eigenvalue weighted by molar-refractivity contribution is 5.54. The number of piperidine rings is 1. The summed E-state index contributed by atoms with van der Waals surface area (Å²) in [5.74, 6) is 2.10. The molecule has 0 aliphatic carbocycles. The third-order valence-electron chi connectivity index (χ3n) is 3.40. The van der Waals surface area contributed by atoms with E-state index in [-0.39, 0.29) is 0 Å². The van der Waals surface area contributed by atoms with Gasteiger partial charge in [0, 0.05) is 6.04 Å². The fraction of sp³-hybridized carbons (Fsp3) is 0.571. The molecule has 0 radical (unpaired) electrons. The average Bonchev–Trinajstić information content (AvgIpc) is 2.46. The van der Waals surface area contributed by atoms with Crippen LogP contribution in [0, 0.1) is 0 Å². The lowest BCUT2D eigenvalue weighted by Crippen LogP contribution is -2.26. The average molecular weight is 251 g/mol. The molecule has 0 unspecified atom stereocenters. The predicted octanol–water partition coefficient (Wildman–Crippen LogP) is 2.53. The molecule has 0 bridgehead atoms. The van der Waals surface area contributed by atoms with Gasteiger partial charge in [0.05, 0.1) is 21.3 Å². The lowest BCUT2D eigenvalue weighted by atomic mass is 9.97. The van der Waals surface area contributed by atoms with E-state index >= 15 is 0 Å². The molecule has 0 spiro atoms. The van der Waals surface area contributed by atoms with Crippen molar-refractivity contribution in [1.82, 2.24) is 5.32 Å². The summed E-state index contributed by atoms with van der Waals surface area (Å²) in [6, 6.07) is 4.45. The Morgan fingerprint density at radius 2 is 1.67 bits per heavy atom. The molecule has 2 rings (SSSR count). The molecule has 18 heavy (non-hydrogen) atoms. The van der Waals surface area contributed by atoms with E-state index in [0.717, 1.165) is 24.5 Å². The Balaban J connectivity index is 2.35. The zero-order valence-corrected chi connectivity index (χ0v) is 11.3. The fourth-order valence-electron chi connectivity index (χ4n) is 2.44. The van der Waals surface area contributed by atoms with Crippen LogP contribution < -0.4 is 19.5 Å². The molecule has 1 aromatic carbocycles. The van der Waals surface area contributed by atoms with E-state index in [9.17, 15) is 0 Å². The van der Waals surface area contributed by atoms with Crippen LogP contribution in [0.4, 0.5) is 0 Å². The normalized spacial score (nSPS) is 19.4. The van der Waals surface area contributed by atoms with Gasteiger partial charge in [-0.1, -0.05) is 6.42 Å². The van der Waals surface area contributed by atoms with Gasteiger partial charge in [0.2, 0.25) is 5.75 Å². The van der Waals surface area contributed by atoms with Crippen LogP contribution >= 0.6 is 0 Å². The summed E-state index contributed by atoms with van der Waals surface area (Å²) in [7, 11) is 4.92. The lowest BCUT2D eigenvalue weighted by Gasteiger charge is -2.25. The Hall–Kier alpha value is -1.42. The van der Waals surface area contributed by atoms with Crippen molar-refractivity contribution in [1.29, 1.82) is 0 Å². The highest BCUT2D eigenvalue weighted by Crippen LogP contribution is 2.40. The first-order valence-corrected chi connectivity index (χ1v) is 6.33. The van der Waals surface area contributed by atoms with Gasteiger partial charge < -0.3 is 19.5 Å². The number of hydrogen-bond acceptors (Lipinski definition) is 4. The smallest absolute Gasteiger partial charge is 0.203 e. The summed E-state index contributed by atoms with van der Waals surface area (Å²) in [6.07, 6.45) is 3.66. The molecular formula is C14H21NO3. The Morgan fingerprint density at radius 3 is 2.11 bits per heavy atom. The first kappa shape index (κ1) is 13.0. The van der Waals surface area contributed by atoms with Crippen molar-refractivity contribution in [2.24, 2.45) is 0 Å². The Morgan fingerprint density at radius 1 is 1.00 bits per heavy atom. The molecule has 4 nitrogen and oxygen atoms in total. The highest BCUT2D eigenvalue weighted by Gasteiger charge is 2.20. The molecular weight excluding hydrogens is 230 g/mol. The topological polar surface area (TPSA) is 39.7 Å². The first-order valence-electron chi connectivity index (χ1n) is 6.33. The van der Waals surface area contributed by atoms with E-state index in [1.165, 1.54) is 18.4 Å². The van der Waals surface area contributed by atoms with Crippen LogP contribution in [0.15, 0.2) is 12.1 Å². The van der Waals surface area contributed by atoms with Crippen molar-refractivity contribution < 1.29 is 14.2 Å². The summed E-state index contributed by atoms with van der Waals surface area (Å²) < 4.78 is 16.1. The van der Waals surface area contributed by atoms with Crippen LogP contribution in [-0.2, 0) is 0 Å². The zero-order valence-electron chi connectivity index (χ0n) is 11.3. The Labute approximate surface area is 108 Å². The molecule has 1 N–H and O–H groups in total. The van der Waals surface area contributed by atoms with Gasteiger partial charge in [-0.15, -0.1) is 0 Å². The van der Waals surface area contributed by atoms with E-state index < -0.39 is 0 Å². The van der Waals surface area contributed by atoms with Crippen LogP contribution in [0.5, 0.6) is 17.2 Å². The van der Waals surface area contributed by atoms with Crippen molar-refractivity contribution in [3.63, 3.8) is 0 Å². The third-order valence-corrected chi connectivity index (χ3v) is 3.40. The van der Waals surface area contributed by atoms with Gasteiger partial charge in [0.15, 0.2) is 11.5 Å². The molecule has 0 saturated carbocycles. The van der Waals surface area contributed by atoms with E-state index in [1.54, 1.807) is 21.3 Å². The highest BCUT2D eigenvalue weighted by atomic mass is 16.5. The minimum Gasteiger partial charge on any atom is -0.493 e. The maximum Gasteiger partial charge on any atom is 0.203 e. The standard InChI is InChI=1S/C14H21NO3/c1-16-12-8-10(11-6-4-5-7-15-11)9-13(17-2)14(12)18-3/h8-9,11,15H,4-7H2,1-3H3/t11-/m1/s1. The van der Waals surface area contributed by atoms with Crippen LogP contribution in [0.1, 0.15) is 30.9 Å². The van der Waals surface area contributed by atoms with Gasteiger partial charge in [0.25, 0.3) is 0 Å². The molecule has 0 aromatic heterocycles. The largest absolute Gasteiger partial charge is 0.493 e. The zero-order chi connectivity index (χ0) is 13.0. The van der Waals surface area contributed by atoms with Gasteiger partial charge in [-0.2, -0.15) is 0 Å². The summed E-state index contributed by atoms with van der Waals surface area (Å²) in [5.41, 5.74) is 1.20. The summed E-state index contributed by atoms with van der Waals surface area (Å²) in [4.78, 5) is 0. The third kappa shape index (κ3) is 2.53. The van der Waals surface area contributed by atoms with E-state index in [1.807, 2.05) is 12.1 Å². The second-order valence-corrected chi connectivity index (χ2v) is 4.46. The molecule has 1 heterocycles. The Bertz CT molecular complexity index is 375. The predicted molar refractivity (Wildman–Crippen MR) is 70.7 cm³/mol.